The largest absolute Gasteiger partial charge is 0.381 e. The standard InChI is InChI=1S/C11H11N7O/c12-10-4-15-18(17-10)5-11(19)16-7-1-2-8-9(3-7)14-6-13-8/h1-4,6H,5H2,(H2,12,17)(H,13,14)(H,16,19). The molecular formula is C11H11N7O. The predicted molar refractivity (Wildman–Crippen MR) is 69.2 cm³/mol. The first-order valence-corrected chi connectivity index (χ1v) is 5.59. The fourth-order valence-electron chi connectivity index (χ4n) is 1.73. The topological polar surface area (TPSA) is 115 Å². The first-order chi connectivity index (χ1) is 9.20. The van der Waals surface area contributed by atoms with E-state index < -0.39 is 0 Å². The number of nitrogens with two attached hydrogens (primary N) is 1. The second kappa shape index (κ2) is 4.41. The summed E-state index contributed by atoms with van der Waals surface area (Å²) in [6.45, 7) is 0.0121. The third kappa shape index (κ3) is 2.37. The number of aromatic nitrogens is 5. The summed E-state index contributed by atoms with van der Waals surface area (Å²) in [5.74, 6) is 0.0566. The van der Waals surface area contributed by atoms with E-state index in [0.29, 0.717) is 5.69 Å². The van der Waals surface area contributed by atoms with Crippen LogP contribution in [0, 0.1) is 0 Å². The molecular weight excluding hydrogens is 246 g/mol. The van der Waals surface area contributed by atoms with Crippen molar-refractivity contribution < 1.29 is 4.79 Å². The molecule has 0 atom stereocenters. The first kappa shape index (κ1) is 11.2. The quantitative estimate of drug-likeness (QED) is 0.627. The Balaban J connectivity index is 1.71. The second-order valence-electron chi connectivity index (χ2n) is 3.98. The molecule has 0 radical (unpaired) electrons. The fourth-order valence-corrected chi connectivity index (χ4v) is 1.73. The van der Waals surface area contributed by atoms with Crippen LogP contribution in [0.15, 0.2) is 30.7 Å². The lowest BCUT2D eigenvalue weighted by molar-refractivity contribution is -0.117. The van der Waals surface area contributed by atoms with Crippen LogP contribution in [0.25, 0.3) is 11.0 Å². The van der Waals surface area contributed by atoms with E-state index in [0.717, 1.165) is 11.0 Å². The van der Waals surface area contributed by atoms with Crippen LogP contribution in [0.4, 0.5) is 11.5 Å². The van der Waals surface area contributed by atoms with Crippen LogP contribution in [-0.4, -0.2) is 30.9 Å². The molecule has 0 aliphatic rings. The van der Waals surface area contributed by atoms with Gasteiger partial charge in [-0.05, 0) is 18.2 Å². The van der Waals surface area contributed by atoms with Crippen molar-refractivity contribution in [3.05, 3.63) is 30.7 Å². The minimum absolute atomic E-state index is 0.0121. The van der Waals surface area contributed by atoms with Crippen molar-refractivity contribution in [2.45, 2.75) is 6.54 Å². The molecule has 0 bridgehead atoms. The van der Waals surface area contributed by atoms with Gasteiger partial charge in [-0.3, -0.25) is 4.79 Å². The van der Waals surface area contributed by atoms with Crippen molar-refractivity contribution in [2.24, 2.45) is 0 Å². The normalized spacial score (nSPS) is 10.7. The maximum absolute atomic E-state index is 11.8. The Hall–Kier alpha value is -2.90. The lowest BCUT2D eigenvalue weighted by atomic mass is 10.3. The summed E-state index contributed by atoms with van der Waals surface area (Å²) in [4.78, 5) is 20.1. The van der Waals surface area contributed by atoms with E-state index >= 15 is 0 Å². The van der Waals surface area contributed by atoms with E-state index in [1.54, 1.807) is 12.4 Å². The van der Waals surface area contributed by atoms with Crippen LogP contribution < -0.4 is 11.1 Å². The molecule has 0 saturated carbocycles. The number of carbonyl (C=O) groups is 1. The summed E-state index contributed by atoms with van der Waals surface area (Å²) in [5, 5.41) is 10.4. The number of nitrogens with one attached hydrogen (secondary N) is 2. The van der Waals surface area contributed by atoms with E-state index in [2.05, 4.69) is 25.5 Å². The number of aromatic amines is 1. The molecule has 2 aromatic heterocycles. The molecule has 0 unspecified atom stereocenters. The lowest BCUT2D eigenvalue weighted by Crippen LogP contribution is -2.20. The number of hydrogen-bond donors (Lipinski definition) is 3. The molecule has 1 aromatic carbocycles. The summed E-state index contributed by atoms with van der Waals surface area (Å²) in [6, 6.07) is 5.42. The van der Waals surface area contributed by atoms with Crippen molar-refractivity contribution in [1.82, 2.24) is 25.0 Å². The van der Waals surface area contributed by atoms with Gasteiger partial charge < -0.3 is 16.0 Å². The number of anilines is 2. The third-order valence-corrected chi connectivity index (χ3v) is 2.54. The molecule has 19 heavy (non-hydrogen) atoms. The maximum atomic E-state index is 11.8. The third-order valence-electron chi connectivity index (χ3n) is 2.54. The number of rotatable bonds is 3. The SMILES string of the molecule is Nc1cnn(CC(=O)Nc2ccc3nc[nH]c3c2)n1. The molecule has 0 aliphatic carbocycles. The molecule has 3 aromatic rings. The van der Waals surface area contributed by atoms with Gasteiger partial charge in [0.2, 0.25) is 5.91 Å². The second-order valence-corrected chi connectivity index (χ2v) is 3.98. The smallest absolute Gasteiger partial charge is 0.247 e. The van der Waals surface area contributed by atoms with E-state index in [1.807, 2.05) is 12.1 Å². The molecule has 0 spiro atoms. The van der Waals surface area contributed by atoms with Gasteiger partial charge in [-0.15, -0.1) is 5.10 Å². The highest BCUT2D eigenvalue weighted by atomic mass is 16.2. The number of nitrogens with zero attached hydrogens (tertiary/aromatic N) is 4. The highest BCUT2D eigenvalue weighted by molar-refractivity contribution is 5.92. The first-order valence-electron chi connectivity index (χ1n) is 5.59. The van der Waals surface area contributed by atoms with E-state index in [-0.39, 0.29) is 18.3 Å². The van der Waals surface area contributed by atoms with E-state index in [1.165, 1.54) is 11.0 Å². The Morgan fingerprint density at radius 1 is 1.47 bits per heavy atom. The number of H-pyrrole nitrogens is 1. The highest BCUT2D eigenvalue weighted by Gasteiger charge is 2.06. The van der Waals surface area contributed by atoms with Gasteiger partial charge in [-0.25, -0.2) is 4.98 Å². The van der Waals surface area contributed by atoms with Gasteiger partial charge in [0.1, 0.15) is 6.54 Å². The van der Waals surface area contributed by atoms with E-state index in [9.17, 15) is 4.79 Å². The zero-order valence-electron chi connectivity index (χ0n) is 9.87. The fraction of sp³-hybridized carbons (Fsp3) is 0.0909. The summed E-state index contributed by atoms with van der Waals surface area (Å²) in [6.07, 6.45) is 3.00. The zero-order valence-corrected chi connectivity index (χ0v) is 9.87. The Bertz CT molecular complexity index is 729. The molecule has 1 amide bonds. The molecule has 96 valence electrons. The summed E-state index contributed by atoms with van der Waals surface area (Å²) < 4.78 is 0. The average Bonchev–Trinajstić information content (AvgIpc) is 2.97. The molecule has 3 rings (SSSR count). The van der Waals surface area contributed by atoms with Crippen LogP contribution in [-0.2, 0) is 11.3 Å². The summed E-state index contributed by atoms with van der Waals surface area (Å²) >= 11 is 0. The molecule has 8 nitrogen and oxygen atoms in total. The monoisotopic (exact) mass is 257 g/mol. The van der Waals surface area contributed by atoms with Crippen molar-refractivity contribution >= 4 is 28.4 Å². The number of fused-ring (bicyclic) bond motifs is 1. The Kier molecular flexibility index (Phi) is 2.60. The van der Waals surface area contributed by atoms with Crippen molar-refractivity contribution in [3.63, 3.8) is 0 Å². The highest BCUT2D eigenvalue weighted by Crippen LogP contribution is 2.15. The van der Waals surface area contributed by atoms with Gasteiger partial charge in [-0.1, -0.05) is 0 Å². The van der Waals surface area contributed by atoms with Gasteiger partial charge in [-0.2, -0.15) is 9.90 Å². The van der Waals surface area contributed by atoms with Crippen molar-refractivity contribution in [2.75, 3.05) is 11.1 Å². The van der Waals surface area contributed by atoms with Crippen LogP contribution in [0.2, 0.25) is 0 Å². The average molecular weight is 257 g/mol. The number of benzene rings is 1. The molecule has 2 heterocycles. The van der Waals surface area contributed by atoms with Crippen molar-refractivity contribution in [1.29, 1.82) is 0 Å². The van der Waals surface area contributed by atoms with Crippen LogP contribution >= 0.6 is 0 Å². The van der Waals surface area contributed by atoms with E-state index in [4.69, 9.17) is 5.73 Å². The zero-order chi connectivity index (χ0) is 13.2. The number of nitrogen functional groups attached to an aromatic ring is 1. The minimum atomic E-state index is -0.227. The predicted octanol–water partition coefficient (Wildman–Crippen LogP) is 0.375. The van der Waals surface area contributed by atoms with Crippen LogP contribution in [0.5, 0.6) is 0 Å². The summed E-state index contributed by atoms with van der Waals surface area (Å²) in [7, 11) is 0. The number of imidazole rings is 1. The number of amides is 1. The molecule has 0 aliphatic heterocycles. The van der Waals surface area contributed by atoms with Gasteiger partial charge in [0.25, 0.3) is 0 Å². The molecule has 8 heteroatoms. The van der Waals surface area contributed by atoms with Crippen LogP contribution in [0.1, 0.15) is 0 Å². The number of carbonyl (C=O) groups excluding carboxylic acids is 1. The molecule has 0 fully saturated rings. The lowest BCUT2D eigenvalue weighted by Gasteiger charge is -2.04. The maximum Gasteiger partial charge on any atom is 0.247 e. The van der Waals surface area contributed by atoms with Crippen molar-refractivity contribution in [3.8, 4) is 0 Å². The Morgan fingerprint density at radius 2 is 2.37 bits per heavy atom. The molecule has 4 N–H and O–H groups in total. The number of hydrogen-bond acceptors (Lipinski definition) is 5. The summed E-state index contributed by atoms with van der Waals surface area (Å²) in [5.41, 5.74) is 7.81. The van der Waals surface area contributed by atoms with Gasteiger partial charge in [0.15, 0.2) is 5.82 Å². The Labute approximate surface area is 107 Å². The molecule has 0 saturated heterocycles. The van der Waals surface area contributed by atoms with Gasteiger partial charge >= 0.3 is 0 Å². The van der Waals surface area contributed by atoms with Gasteiger partial charge in [0.05, 0.1) is 23.6 Å². The Morgan fingerprint density at radius 3 is 3.16 bits per heavy atom. The minimum Gasteiger partial charge on any atom is -0.381 e. The van der Waals surface area contributed by atoms with Crippen LogP contribution in [0.3, 0.4) is 0 Å². The van der Waals surface area contributed by atoms with Gasteiger partial charge in [0, 0.05) is 5.69 Å².